The summed E-state index contributed by atoms with van der Waals surface area (Å²) in [7, 11) is 0. The van der Waals surface area contributed by atoms with Crippen molar-refractivity contribution in [3.05, 3.63) is 17.7 Å². The van der Waals surface area contributed by atoms with Crippen molar-refractivity contribution in [1.82, 2.24) is 4.90 Å². The van der Waals surface area contributed by atoms with E-state index in [1.165, 1.54) is 12.1 Å². The van der Waals surface area contributed by atoms with E-state index in [0.29, 0.717) is 63.0 Å². The summed E-state index contributed by atoms with van der Waals surface area (Å²) in [5.74, 6) is -0.374. The first-order chi connectivity index (χ1) is 14.4. The highest BCUT2D eigenvalue weighted by molar-refractivity contribution is 5.93. The lowest BCUT2D eigenvalue weighted by molar-refractivity contribution is -0.137. The number of nitrogens with two attached hydrogens (primary N) is 1. The van der Waals surface area contributed by atoms with E-state index < -0.39 is 5.97 Å². The van der Waals surface area contributed by atoms with Gasteiger partial charge in [-0.15, -0.1) is 0 Å². The molecule has 9 nitrogen and oxygen atoms in total. The summed E-state index contributed by atoms with van der Waals surface area (Å²) in [6.07, 6.45) is 1.03. The number of hydrogen-bond donors (Lipinski definition) is 1. The fourth-order valence-electron chi connectivity index (χ4n) is 3.22. The molecule has 2 rings (SSSR count). The molecule has 2 amide bonds. The third-order valence-corrected chi connectivity index (χ3v) is 4.72. The third kappa shape index (κ3) is 6.01. The lowest BCUT2D eigenvalue weighted by Gasteiger charge is -2.30. The maximum Gasteiger partial charge on any atom is 0.338 e. The van der Waals surface area contributed by atoms with E-state index in [1.54, 1.807) is 4.90 Å². The number of amides is 2. The fraction of sp³-hybridized carbons (Fsp3) is 0.571. The van der Waals surface area contributed by atoms with Gasteiger partial charge in [0.1, 0.15) is 0 Å². The predicted octanol–water partition coefficient (Wildman–Crippen LogP) is 1.76. The Bertz CT molecular complexity index is 731. The van der Waals surface area contributed by atoms with E-state index in [9.17, 15) is 14.4 Å². The molecule has 9 heteroatoms. The minimum atomic E-state index is -0.666. The molecule has 0 atom stereocenters. The second-order valence-electron chi connectivity index (χ2n) is 6.73. The lowest BCUT2D eigenvalue weighted by atomic mass is 9.96. The monoisotopic (exact) mass is 422 g/mol. The molecule has 166 valence electrons. The topological polar surface area (TPSA) is 117 Å². The van der Waals surface area contributed by atoms with Crippen LogP contribution < -0.4 is 19.9 Å². The van der Waals surface area contributed by atoms with Crippen LogP contribution in [0.1, 0.15) is 44.0 Å². The number of rotatable bonds is 10. The Morgan fingerprint density at radius 1 is 0.967 bits per heavy atom. The van der Waals surface area contributed by atoms with Crippen molar-refractivity contribution in [2.45, 2.75) is 33.6 Å². The van der Waals surface area contributed by atoms with Gasteiger partial charge in [0.15, 0.2) is 18.1 Å². The number of likely N-dealkylation sites (tertiary alicyclic amines) is 1. The van der Waals surface area contributed by atoms with E-state index in [1.807, 2.05) is 20.8 Å². The summed E-state index contributed by atoms with van der Waals surface area (Å²) in [6, 6.07) is 3.03. The molecule has 0 aromatic heterocycles. The Morgan fingerprint density at radius 3 is 1.97 bits per heavy atom. The second kappa shape index (κ2) is 11.3. The second-order valence-corrected chi connectivity index (χ2v) is 6.73. The highest BCUT2D eigenvalue weighted by Crippen LogP contribution is 2.39. The van der Waals surface area contributed by atoms with Crippen molar-refractivity contribution in [3.63, 3.8) is 0 Å². The average Bonchev–Trinajstić information content (AvgIpc) is 2.74. The number of hydrogen-bond acceptors (Lipinski definition) is 7. The molecule has 1 heterocycles. The molecule has 1 aromatic carbocycles. The number of benzene rings is 1. The molecular weight excluding hydrogens is 392 g/mol. The minimum Gasteiger partial charge on any atom is -0.490 e. The van der Waals surface area contributed by atoms with Crippen LogP contribution in [0.3, 0.4) is 0 Å². The van der Waals surface area contributed by atoms with Crippen LogP contribution in [-0.4, -0.2) is 62.2 Å². The van der Waals surface area contributed by atoms with Gasteiger partial charge in [0.25, 0.3) is 5.91 Å². The van der Waals surface area contributed by atoms with Gasteiger partial charge in [0.05, 0.1) is 25.4 Å². The standard InChI is InChI=1S/C21H30N2O7/c1-4-27-16-11-15(12-17(28-5-2)19(16)29-6-3)21(26)30-13-18(24)23-9-7-14(8-10-23)20(22)25/h11-12,14H,4-10,13H2,1-3H3,(H2,22,25). The van der Waals surface area contributed by atoms with Crippen LogP contribution in [0, 0.1) is 5.92 Å². The first kappa shape index (κ1) is 23.3. The van der Waals surface area contributed by atoms with Crippen molar-refractivity contribution in [2.24, 2.45) is 11.7 Å². The van der Waals surface area contributed by atoms with Gasteiger partial charge in [0, 0.05) is 19.0 Å². The molecule has 0 unspecified atom stereocenters. The van der Waals surface area contributed by atoms with Crippen LogP contribution in [0.15, 0.2) is 12.1 Å². The zero-order valence-electron chi connectivity index (χ0n) is 17.8. The summed E-state index contributed by atoms with van der Waals surface area (Å²) in [6.45, 7) is 7.08. The van der Waals surface area contributed by atoms with Crippen LogP contribution in [0.5, 0.6) is 17.2 Å². The number of nitrogens with zero attached hydrogens (tertiary/aromatic N) is 1. The average molecular weight is 422 g/mol. The van der Waals surface area contributed by atoms with Crippen LogP contribution in [-0.2, 0) is 14.3 Å². The molecule has 0 saturated carbocycles. The largest absolute Gasteiger partial charge is 0.490 e. The molecule has 0 aliphatic carbocycles. The Balaban J connectivity index is 2.05. The van der Waals surface area contributed by atoms with Crippen LogP contribution in [0.4, 0.5) is 0 Å². The van der Waals surface area contributed by atoms with Gasteiger partial charge in [-0.1, -0.05) is 0 Å². The van der Waals surface area contributed by atoms with Gasteiger partial charge in [-0.25, -0.2) is 4.79 Å². The molecular formula is C21H30N2O7. The molecule has 30 heavy (non-hydrogen) atoms. The molecule has 1 aliphatic heterocycles. The van der Waals surface area contributed by atoms with Crippen molar-refractivity contribution >= 4 is 17.8 Å². The zero-order chi connectivity index (χ0) is 22.1. The Labute approximate surface area is 176 Å². The molecule has 1 aromatic rings. The smallest absolute Gasteiger partial charge is 0.338 e. The maximum absolute atomic E-state index is 12.5. The number of carbonyl (C=O) groups excluding carboxylic acids is 3. The molecule has 1 saturated heterocycles. The number of esters is 1. The number of piperidine rings is 1. The van der Waals surface area contributed by atoms with Gasteiger partial charge < -0.3 is 29.6 Å². The number of ether oxygens (including phenoxy) is 4. The van der Waals surface area contributed by atoms with Crippen LogP contribution in [0.2, 0.25) is 0 Å². The number of primary amides is 1. The first-order valence-electron chi connectivity index (χ1n) is 10.2. The van der Waals surface area contributed by atoms with Gasteiger partial charge in [-0.05, 0) is 45.7 Å². The summed E-state index contributed by atoms with van der Waals surface area (Å²) in [5, 5.41) is 0. The fourth-order valence-corrected chi connectivity index (χ4v) is 3.22. The minimum absolute atomic E-state index is 0.200. The van der Waals surface area contributed by atoms with Gasteiger partial charge in [0.2, 0.25) is 11.7 Å². The highest BCUT2D eigenvalue weighted by Gasteiger charge is 2.27. The zero-order valence-corrected chi connectivity index (χ0v) is 17.8. The molecule has 0 spiro atoms. The molecule has 0 radical (unpaired) electrons. The summed E-state index contributed by atoms with van der Waals surface area (Å²) in [4.78, 5) is 37.7. The lowest BCUT2D eigenvalue weighted by Crippen LogP contribution is -2.43. The van der Waals surface area contributed by atoms with Gasteiger partial charge in [-0.3, -0.25) is 9.59 Å². The number of carbonyl (C=O) groups is 3. The molecule has 1 fully saturated rings. The van der Waals surface area contributed by atoms with E-state index >= 15 is 0 Å². The Kier molecular flexibility index (Phi) is 8.76. The van der Waals surface area contributed by atoms with Gasteiger partial charge >= 0.3 is 5.97 Å². The summed E-state index contributed by atoms with van der Waals surface area (Å²) >= 11 is 0. The molecule has 1 aliphatic rings. The predicted molar refractivity (Wildman–Crippen MR) is 109 cm³/mol. The van der Waals surface area contributed by atoms with Crippen molar-refractivity contribution in [3.8, 4) is 17.2 Å². The Hall–Kier alpha value is -2.97. The third-order valence-electron chi connectivity index (χ3n) is 4.72. The SMILES string of the molecule is CCOc1cc(C(=O)OCC(=O)N2CCC(C(N)=O)CC2)cc(OCC)c1OCC. The maximum atomic E-state index is 12.5. The molecule has 2 N–H and O–H groups in total. The normalized spacial score (nSPS) is 14.2. The van der Waals surface area contributed by atoms with Crippen molar-refractivity contribution < 1.29 is 33.3 Å². The quantitative estimate of drug-likeness (QED) is 0.571. The van der Waals surface area contributed by atoms with Crippen molar-refractivity contribution in [1.29, 1.82) is 0 Å². The van der Waals surface area contributed by atoms with Crippen LogP contribution >= 0.6 is 0 Å². The van der Waals surface area contributed by atoms with E-state index in [4.69, 9.17) is 24.7 Å². The van der Waals surface area contributed by atoms with Crippen molar-refractivity contribution in [2.75, 3.05) is 39.5 Å². The van der Waals surface area contributed by atoms with E-state index in [-0.39, 0.29) is 29.9 Å². The Morgan fingerprint density at radius 2 is 1.50 bits per heavy atom. The van der Waals surface area contributed by atoms with Crippen LogP contribution in [0.25, 0.3) is 0 Å². The van der Waals surface area contributed by atoms with E-state index in [0.717, 1.165) is 0 Å². The van der Waals surface area contributed by atoms with E-state index in [2.05, 4.69) is 0 Å². The molecule has 0 bridgehead atoms. The van der Waals surface area contributed by atoms with Gasteiger partial charge in [-0.2, -0.15) is 0 Å². The summed E-state index contributed by atoms with van der Waals surface area (Å²) in [5.41, 5.74) is 5.51. The summed E-state index contributed by atoms with van der Waals surface area (Å²) < 4.78 is 22.0. The highest BCUT2D eigenvalue weighted by atomic mass is 16.5. The first-order valence-corrected chi connectivity index (χ1v) is 10.2.